The smallest absolute Gasteiger partial charge is 0.474 e. The highest BCUT2D eigenvalue weighted by Gasteiger charge is 2.71. The zero-order chi connectivity index (χ0) is 44.8. The Hall–Kier alpha value is -1.34. The summed E-state index contributed by atoms with van der Waals surface area (Å²) in [5.74, 6) is 0.724. The lowest BCUT2D eigenvalue weighted by Crippen LogP contribution is -2.69. The number of carboxylic acid groups (broad SMARTS) is 1. The molecule has 6 aliphatic carbocycles. The number of phosphoric acid groups is 1. The maximum atomic E-state index is 13.7. The van der Waals surface area contributed by atoms with Crippen LogP contribution in [0.3, 0.4) is 0 Å². The summed E-state index contributed by atoms with van der Waals surface area (Å²) in [6.07, 6.45) is 11.9. The predicted octanol–water partition coefficient (Wildman–Crippen LogP) is 8.55. The van der Waals surface area contributed by atoms with E-state index in [1.165, 1.54) is 32.6 Å². The van der Waals surface area contributed by atoms with Crippen molar-refractivity contribution >= 4 is 29.6 Å². The first kappa shape index (κ1) is 47.6. The molecule has 7 fully saturated rings. The molecule has 0 radical (unpaired) electrons. The van der Waals surface area contributed by atoms with Crippen molar-refractivity contribution in [3.05, 3.63) is 12.2 Å². The highest BCUT2D eigenvalue weighted by molar-refractivity contribution is 7.91. The molecule has 1 heterocycles. The minimum atomic E-state index is -3.70. The third kappa shape index (κ3) is 7.87. The zero-order valence-electron chi connectivity index (χ0n) is 39.1. The number of sulfone groups is 1. The number of aliphatic carboxylic acids is 1. The highest BCUT2D eigenvalue weighted by Crippen LogP contribution is 2.76. The molecule has 13 atom stereocenters. The van der Waals surface area contributed by atoms with Crippen molar-refractivity contribution in [1.29, 1.82) is 0 Å². The number of allylic oxidation sites excluding steroid dienone is 1. The molecular formula is C47H79N2O10PS. The van der Waals surface area contributed by atoms with Gasteiger partial charge in [-0.05, 0) is 142 Å². The molecule has 7 aliphatic rings. The van der Waals surface area contributed by atoms with Gasteiger partial charge in [-0.25, -0.2) is 13.0 Å². The van der Waals surface area contributed by atoms with Crippen molar-refractivity contribution < 1.29 is 46.0 Å². The van der Waals surface area contributed by atoms with Gasteiger partial charge in [0.05, 0.1) is 29.9 Å². The van der Waals surface area contributed by atoms with Gasteiger partial charge in [0, 0.05) is 44.3 Å². The minimum Gasteiger partial charge on any atom is -0.481 e. The fraction of sp³-hybridized carbons (Fsp3) is 0.915. The molecule has 0 spiro atoms. The lowest BCUT2D eigenvalue weighted by Gasteiger charge is -2.73. The maximum Gasteiger partial charge on any atom is 0.474 e. The van der Waals surface area contributed by atoms with E-state index >= 15 is 0 Å². The number of rotatable bonds is 14. The average Bonchev–Trinajstić information content (AvgIpc) is 3.57. The van der Waals surface area contributed by atoms with Gasteiger partial charge < -0.3 is 15.2 Å². The van der Waals surface area contributed by atoms with Crippen molar-refractivity contribution in [3.8, 4) is 0 Å². The lowest BCUT2D eigenvalue weighted by atomic mass is 9.32. The Kier molecular flexibility index (Phi) is 12.9. The van der Waals surface area contributed by atoms with Crippen molar-refractivity contribution in [2.75, 3.05) is 52.0 Å². The highest BCUT2D eigenvalue weighted by atomic mass is 32.2. The van der Waals surface area contributed by atoms with Crippen molar-refractivity contribution in [1.82, 2.24) is 10.2 Å². The monoisotopic (exact) mass is 895 g/mol. The largest absolute Gasteiger partial charge is 0.481 e. The molecule has 12 nitrogen and oxygen atoms in total. The van der Waals surface area contributed by atoms with Crippen LogP contribution in [0.2, 0.25) is 0 Å². The number of phosphoric ester groups is 1. The van der Waals surface area contributed by atoms with Gasteiger partial charge in [0.15, 0.2) is 9.84 Å². The first-order valence-electron chi connectivity index (χ1n) is 23.5. The molecule has 6 saturated carbocycles. The topological polar surface area (TPSA) is 158 Å². The molecule has 0 aromatic heterocycles. The summed E-state index contributed by atoms with van der Waals surface area (Å²) >= 11 is 0. The number of carboxylic acids is 1. The van der Waals surface area contributed by atoms with Gasteiger partial charge in [0.1, 0.15) is 6.10 Å². The van der Waals surface area contributed by atoms with Gasteiger partial charge in [-0.3, -0.25) is 28.1 Å². The molecule has 0 amide bonds. The summed E-state index contributed by atoms with van der Waals surface area (Å²) in [5.41, 5.74) is 0.894. The Morgan fingerprint density at radius 2 is 1.52 bits per heavy atom. The van der Waals surface area contributed by atoms with Crippen LogP contribution in [0.15, 0.2) is 12.2 Å². The molecule has 1 saturated heterocycles. The number of hydrogen-bond acceptors (Lipinski definition) is 11. The van der Waals surface area contributed by atoms with Crippen LogP contribution in [-0.2, 0) is 42.3 Å². The molecule has 0 bridgehead atoms. The summed E-state index contributed by atoms with van der Waals surface area (Å²) in [6, 6.07) is -0.147. The number of carbonyl (C=O) groups is 2. The Balaban J connectivity index is 1.08. The fourth-order valence-electron chi connectivity index (χ4n) is 15.9. The standard InChI is InChI=1S/C47H79N2O10PS/c1-30(2)32-14-20-47(48-23-17-31(29-58-60(53,56-10)57-11)49-24-26-61(54,55)27-25-49)22-21-45(8)33(39(32)47)12-13-37-44(7)18-16-38(43(5,6)36(44)15-19-46(37,45)9)59-41(52)35-28-34(40(50)51)42(35,3)4/h31-39,48H,1,12-29H2,2-11H3,(H,50,51)/t31?,32-,33+,34-,35+,36-,37+,38-,39+,44-,45+,46+,47-/m0/s1. The van der Waals surface area contributed by atoms with Crippen molar-refractivity contribution in [2.24, 2.45) is 68.5 Å². The first-order valence-corrected chi connectivity index (χ1v) is 26.8. The van der Waals surface area contributed by atoms with Crippen LogP contribution in [0.4, 0.5) is 0 Å². The molecule has 1 unspecified atom stereocenters. The summed E-state index contributed by atoms with van der Waals surface area (Å²) in [6.45, 7) is 24.9. The summed E-state index contributed by atoms with van der Waals surface area (Å²) in [4.78, 5) is 27.7. The van der Waals surface area contributed by atoms with Crippen molar-refractivity contribution in [2.45, 2.75) is 150 Å². The Morgan fingerprint density at radius 3 is 2.13 bits per heavy atom. The minimum absolute atomic E-state index is 0.0213. The number of nitrogens with zero attached hydrogens (tertiary/aromatic N) is 1. The number of fused-ring (bicyclic) bond motifs is 7. The third-order valence-corrected chi connectivity index (χ3v) is 22.8. The van der Waals surface area contributed by atoms with E-state index in [4.69, 9.17) is 18.3 Å². The maximum absolute atomic E-state index is 13.7. The van der Waals surface area contributed by atoms with Crippen LogP contribution in [0.25, 0.3) is 0 Å². The van der Waals surface area contributed by atoms with E-state index in [1.807, 2.05) is 13.8 Å². The van der Waals surface area contributed by atoms with Gasteiger partial charge in [-0.1, -0.05) is 60.6 Å². The number of nitrogens with one attached hydrogen (secondary N) is 1. The Labute approximate surface area is 367 Å². The molecule has 1 aliphatic heterocycles. The van der Waals surface area contributed by atoms with Crippen molar-refractivity contribution in [3.63, 3.8) is 0 Å². The van der Waals surface area contributed by atoms with E-state index in [0.717, 1.165) is 57.9 Å². The summed E-state index contributed by atoms with van der Waals surface area (Å²) in [5, 5.41) is 13.9. The van der Waals surface area contributed by atoms with Crippen LogP contribution in [0.1, 0.15) is 132 Å². The molecular weight excluding hydrogens is 816 g/mol. The van der Waals surface area contributed by atoms with Gasteiger partial charge in [0.25, 0.3) is 0 Å². The number of carbonyl (C=O) groups excluding carboxylic acids is 1. The van der Waals surface area contributed by atoms with E-state index in [-0.39, 0.29) is 69.3 Å². The second-order valence-electron chi connectivity index (χ2n) is 22.8. The SMILES string of the molecule is C=C(C)[C@@H]1CC[C@]2(NCCC(COP(=O)(OC)OC)N3CCS(=O)(=O)CC3)CC[C@]3(C)[C@H](CC[C@@H]4[C@@]5(C)CC[C@H](OC(=O)[C@H]6C[C@@H](C(=O)O)C6(C)C)C(C)(C)[C@@H]5CC[C@]43C)[C@@H]12. The number of esters is 1. The second kappa shape index (κ2) is 16.5. The van der Waals surface area contributed by atoms with Crippen LogP contribution in [0.5, 0.6) is 0 Å². The zero-order valence-corrected chi connectivity index (χ0v) is 40.8. The molecule has 61 heavy (non-hydrogen) atoms. The van der Waals surface area contributed by atoms with Gasteiger partial charge in [-0.2, -0.15) is 0 Å². The van der Waals surface area contributed by atoms with Gasteiger partial charge >= 0.3 is 19.8 Å². The van der Waals surface area contributed by atoms with E-state index in [2.05, 4.69) is 58.3 Å². The summed E-state index contributed by atoms with van der Waals surface area (Å²) in [7, 11) is -4.16. The predicted molar refractivity (Wildman–Crippen MR) is 236 cm³/mol. The quantitative estimate of drug-likeness (QED) is 0.0975. The molecule has 0 aromatic rings. The summed E-state index contributed by atoms with van der Waals surface area (Å²) < 4.78 is 60.0. The van der Waals surface area contributed by atoms with E-state index in [1.54, 1.807) is 0 Å². The van der Waals surface area contributed by atoms with Crippen LogP contribution in [0, 0.1) is 68.5 Å². The molecule has 2 N–H and O–H groups in total. The van der Waals surface area contributed by atoms with Crippen LogP contribution < -0.4 is 5.32 Å². The van der Waals surface area contributed by atoms with Crippen LogP contribution in [-0.4, -0.2) is 100 Å². The van der Waals surface area contributed by atoms with E-state index in [9.17, 15) is 27.7 Å². The normalized spacial score (nSPS) is 43.0. The first-order chi connectivity index (χ1) is 28.3. The Bertz CT molecular complexity index is 1850. The van der Waals surface area contributed by atoms with Gasteiger partial charge in [-0.15, -0.1) is 0 Å². The van der Waals surface area contributed by atoms with E-state index in [0.29, 0.717) is 55.5 Å². The lowest BCUT2D eigenvalue weighted by molar-refractivity contribution is -0.248. The van der Waals surface area contributed by atoms with E-state index < -0.39 is 35.0 Å². The molecule has 348 valence electrons. The molecule has 0 aromatic carbocycles. The third-order valence-electron chi connectivity index (χ3n) is 19.8. The van der Waals surface area contributed by atoms with Crippen LogP contribution >= 0.6 is 7.82 Å². The second-order valence-corrected chi connectivity index (χ2v) is 27.0. The number of ether oxygens (including phenoxy) is 1. The average molecular weight is 895 g/mol. The Morgan fingerprint density at radius 1 is 0.852 bits per heavy atom. The number of hydrogen-bond donors (Lipinski definition) is 2. The fourth-order valence-corrected chi connectivity index (χ4v) is 17.9. The van der Waals surface area contributed by atoms with Gasteiger partial charge in [0.2, 0.25) is 0 Å². The molecule has 7 rings (SSSR count). The molecule has 14 heteroatoms.